The van der Waals surface area contributed by atoms with Gasteiger partial charge >= 0.3 is 30.5 Å². The second-order valence-corrected chi connectivity index (χ2v) is 24.6. The maximum absolute atomic E-state index is 14.5. The number of benzene rings is 1. The zero-order chi connectivity index (χ0) is 59.4. The fourth-order valence-corrected chi connectivity index (χ4v) is 9.53. The Kier molecular flexibility index (Phi) is 19.8. The van der Waals surface area contributed by atoms with Crippen molar-refractivity contribution in [1.82, 2.24) is 31.1 Å². The Labute approximate surface area is 459 Å². The van der Waals surface area contributed by atoms with Crippen molar-refractivity contribution in [3.63, 3.8) is 0 Å². The Morgan fingerprint density at radius 1 is 0.797 bits per heavy atom. The van der Waals surface area contributed by atoms with Gasteiger partial charge in [0.1, 0.15) is 58.7 Å². The van der Waals surface area contributed by atoms with Crippen molar-refractivity contribution in [1.29, 1.82) is 0 Å². The third kappa shape index (κ3) is 17.9. The quantitative estimate of drug-likeness (QED) is 0.0794. The van der Waals surface area contributed by atoms with Crippen molar-refractivity contribution in [2.75, 3.05) is 33.3 Å². The van der Waals surface area contributed by atoms with Gasteiger partial charge in [0.05, 0.1) is 48.8 Å². The van der Waals surface area contributed by atoms with E-state index in [-0.39, 0.29) is 50.4 Å². The molecule has 0 spiro atoms. The molecule has 0 aromatic heterocycles. The molecule has 12 atom stereocenters. The predicted molar refractivity (Wildman–Crippen MR) is 278 cm³/mol. The van der Waals surface area contributed by atoms with Gasteiger partial charge in [-0.2, -0.15) is 0 Å². The molecule has 0 bridgehead atoms. The van der Waals surface area contributed by atoms with E-state index in [0.29, 0.717) is 5.56 Å². The number of nitrogens with one attached hydrogen (secondary N) is 4. The summed E-state index contributed by atoms with van der Waals surface area (Å²) in [7, 11) is 1.29. The Morgan fingerprint density at radius 3 is 1.92 bits per heavy atom. The van der Waals surface area contributed by atoms with Crippen molar-refractivity contribution in [3.05, 3.63) is 51.8 Å². The lowest BCUT2D eigenvalue weighted by molar-refractivity contribution is -0.384. The first kappa shape index (κ1) is 63.6. The number of β-amino-alcohol motifs (C(OH)–C–C–N with tert-alkyl or cyclic N) is 1. The molecule has 1 aliphatic carbocycles. The highest BCUT2D eigenvalue weighted by atomic mass is 16.7. The SMILES string of the molecule is CN(C(=O)OC(C)(C)C)[C@@H]1[C@@H](O)[C@@H](O[C@@H]2[C@@H](O)[C@H](C3OC(CNC(=O)OCc4ccc([N+](=O)[O-])cc4)=CC[C@H]3NC(=O)OC(C)(C)C)[C@@H](NC(=O)OC(C)(C)C)C[C@H]2NC(=O)C2(O)CCN(C(=O)OC(C)(C)C)C2)OC[C@]1(C)O. The summed E-state index contributed by atoms with van der Waals surface area (Å²) in [5.41, 5.74) is -7.81. The van der Waals surface area contributed by atoms with Crippen molar-refractivity contribution >= 4 is 42.1 Å². The monoisotopic (exact) mass is 1120 g/mol. The first-order chi connectivity index (χ1) is 36.2. The van der Waals surface area contributed by atoms with Crippen LogP contribution in [-0.2, 0) is 49.3 Å². The third-order valence-corrected chi connectivity index (χ3v) is 12.9. The van der Waals surface area contributed by atoms with Gasteiger partial charge in [0.2, 0.25) is 0 Å². The molecule has 5 rings (SSSR count). The first-order valence-electron chi connectivity index (χ1n) is 26.1. The molecule has 3 fully saturated rings. The highest BCUT2D eigenvalue weighted by Gasteiger charge is 2.58. The van der Waals surface area contributed by atoms with Gasteiger partial charge in [-0.15, -0.1) is 0 Å². The van der Waals surface area contributed by atoms with E-state index in [1.165, 1.54) is 38.2 Å². The molecule has 444 valence electrons. The fraction of sp³-hybridized carbons (Fsp3) is 0.731. The van der Waals surface area contributed by atoms with Crippen LogP contribution in [0.5, 0.6) is 0 Å². The van der Waals surface area contributed by atoms with E-state index >= 15 is 0 Å². The van der Waals surface area contributed by atoms with Crippen LogP contribution in [0.15, 0.2) is 36.1 Å². The molecule has 79 heavy (non-hydrogen) atoms. The van der Waals surface area contributed by atoms with Crippen LogP contribution < -0.4 is 21.3 Å². The zero-order valence-electron chi connectivity index (χ0n) is 47.5. The summed E-state index contributed by atoms with van der Waals surface area (Å²) in [4.78, 5) is 94.3. The van der Waals surface area contributed by atoms with Crippen LogP contribution in [0.2, 0.25) is 0 Å². The number of carbonyl (C=O) groups excluding carboxylic acids is 6. The lowest BCUT2D eigenvalue weighted by atomic mass is 9.72. The number of nitro groups is 1. The van der Waals surface area contributed by atoms with E-state index in [2.05, 4.69) is 21.3 Å². The Bertz CT molecular complexity index is 2390. The molecule has 27 heteroatoms. The van der Waals surface area contributed by atoms with Crippen molar-refractivity contribution in [2.45, 2.75) is 204 Å². The number of alkyl carbamates (subject to hydrolysis) is 3. The summed E-state index contributed by atoms with van der Waals surface area (Å²) in [5, 5.41) is 70.7. The minimum Gasteiger partial charge on any atom is -0.491 e. The minimum absolute atomic E-state index is 0.0355. The molecule has 0 radical (unpaired) electrons. The largest absolute Gasteiger partial charge is 0.491 e. The van der Waals surface area contributed by atoms with Crippen molar-refractivity contribution < 1.29 is 92.0 Å². The van der Waals surface area contributed by atoms with E-state index in [0.717, 1.165) is 9.80 Å². The number of rotatable bonds is 13. The number of likely N-dealkylation sites (tertiary alicyclic amines) is 1. The van der Waals surface area contributed by atoms with Crippen molar-refractivity contribution in [3.8, 4) is 0 Å². The number of aliphatic hydroxyl groups excluding tert-OH is 2. The molecule has 2 saturated heterocycles. The molecule has 3 heterocycles. The third-order valence-electron chi connectivity index (χ3n) is 12.9. The number of likely N-dealkylation sites (N-methyl/N-ethyl adjacent to an activating group) is 1. The van der Waals surface area contributed by atoms with E-state index in [1.54, 1.807) is 89.2 Å². The summed E-state index contributed by atoms with van der Waals surface area (Å²) in [6.07, 6.45) is -12.3. The molecule has 6 amide bonds. The van der Waals surface area contributed by atoms with Gasteiger partial charge in [-0.1, -0.05) is 0 Å². The van der Waals surface area contributed by atoms with Crippen LogP contribution in [0, 0.1) is 16.0 Å². The van der Waals surface area contributed by atoms with Gasteiger partial charge in [-0.25, -0.2) is 24.0 Å². The number of non-ortho nitro benzene ring substituents is 1. The molecule has 1 saturated carbocycles. The van der Waals surface area contributed by atoms with E-state index < -0.39 is 149 Å². The number of hydrogen-bond donors (Lipinski definition) is 8. The predicted octanol–water partition coefficient (Wildman–Crippen LogP) is 3.61. The maximum Gasteiger partial charge on any atom is 0.410 e. The molecule has 27 nitrogen and oxygen atoms in total. The molecular formula is C52H81N7O20. The van der Waals surface area contributed by atoms with E-state index in [9.17, 15) is 59.3 Å². The van der Waals surface area contributed by atoms with Crippen LogP contribution in [0.25, 0.3) is 0 Å². The van der Waals surface area contributed by atoms with Crippen molar-refractivity contribution in [2.24, 2.45) is 5.92 Å². The molecule has 8 N–H and O–H groups in total. The minimum atomic E-state index is -2.23. The van der Waals surface area contributed by atoms with E-state index in [1.807, 2.05) is 0 Å². The number of nitrogens with zero attached hydrogens (tertiary/aromatic N) is 3. The Hall–Kier alpha value is -6.26. The van der Waals surface area contributed by atoms with Crippen LogP contribution in [0.1, 0.15) is 115 Å². The number of carbonyl (C=O) groups is 6. The number of ether oxygens (including phenoxy) is 8. The van der Waals surface area contributed by atoms with Gasteiger partial charge < -0.3 is 89.4 Å². The molecule has 4 aliphatic rings. The molecular weight excluding hydrogens is 1040 g/mol. The maximum atomic E-state index is 14.5. The second-order valence-electron chi connectivity index (χ2n) is 24.6. The van der Waals surface area contributed by atoms with Crippen LogP contribution >= 0.6 is 0 Å². The highest BCUT2D eigenvalue weighted by Crippen LogP contribution is 2.39. The Morgan fingerprint density at radius 2 is 1.37 bits per heavy atom. The average molecular weight is 1120 g/mol. The van der Waals surface area contributed by atoms with Crippen LogP contribution in [-0.4, -0.2) is 193 Å². The Balaban J connectivity index is 1.56. The van der Waals surface area contributed by atoms with Gasteiger partial charge in [0.15, 0.2) is 11.9 Å². The first-order valence-corrected chi connectivity index (χ1v) is 26.1. The average Bonchev–Trinajstić information content (AvgIpc) is 3.74. The normalized spacial score (nSPS) is 29.3. The van der Waals surface area contributed by atoms with Gasteiger partial charge in [0.25, 0.3) is 11.6 Å². The zero-order valence-corrected chi connectivity index (χ0v) is 47.5. The standard InChI is InChI=1S/C52H81N7O20/c1-47(2,3)76-43(64)55-31-20-19-30(24-53-42(63)72-25-28-15-17-29(18-16-28)59(70)71)74-37(31)34-32(56-44(65)77-48(4,5)6)23-33(54-41(62)52(69)21-22-58(26-52)46(67)79-50(10,11)12)38(35(34)60)75-40-36(61)39(51(13,68)27-73-40)57(14)45(66)78-49(7,8)9/h15-19,31-40,60-61,68-69H,20-27H2,1-14H3,(H,53,63)(H,54,62)(H,55,64)(H,56,65)/t31-,32+,33-,34-,35+,36-,37?,38+,39-,40-,51+,52?/m1/s1. The number of amides is 6. The number of aliphatic hydroxyl groups is 4. The number of hydrogen-bond acceptors (Lipinski definition) is 20. The molecule has 3 aliphatic heterocycles. The fourth-order valence-electron chi connectivity index (χ4n) is 9.53. The van der Waals surface area contributed by atoms with Crippen LogP contribution in [0.4, 0.5) is 29.7 Å². The summed E-state index contributed by atoms with van der Waals surface area (Å²) < 4.78 is 46.7. The van der Waals surface area contributed by atoms with Crippen LogP contribution in [0.3, 0.4) is 0 Å². The highest BCUT2D eigenvalue weighted by molar-refractivity contribution is 5.87. The topological polar surface area (TPSA) is 355 Å². The summed E-state index contributed by atoms with van der Waals surface area (Å²) >= 11 is 0. The lowest BCUT2D eigenvalue weighted by Gasteiger charge is -2.52. The molecule has 2 unspecified atom stereocenters. The molecule has 1 aromatic rings. The second kappa shape index (κ2) is 24.6. The summed E-state index contributed by atoms with van der Waals surface area (Å²) in [5.74, 6) is -2.33. The smallest absolute Gasteiger partial charge is 0.410 e. The van der Waals surface area contributed by atoms with Gasteiger partial charge in [-0.3, -0.25) is 14.9 Å². The molecule has 1 aromatic carbocycles. The van der Waals surface area contributed by atoms with Gasteiger partial charge in [0, 0.05) is 44.1 Å². The van der Waals surface area contributed by atoms with Gasteiger partial charge in [-0.05, 0) is 127 Å². The van der Waals surface area contributed by atoms with E-state index in [4.69, 9.17) is 37.9 Å². The lowest BCUT2D eigenvalue weighted by Crippen LogP contribution is -2.71. The number of nitro benzene ring substituents is 1. The summed E-state index contributed by atoms with van der Waals surface area (Å²) in [6, 6.07) is 0.0808. The summed E-state index contributed by atoms with van der Waals surface area (Å²) in [6.45, 7) is 19.2.